The standard InChI is InChI=1S/C13H9F2N3O2/c1-17-6-16-4-7(17)5-18-11-3-10(15)9(14)2-8(11)12(19)13(18)20/h2-4,6H,5H2,1H3. The molecule has 102 valence electrons. The number of carbonyl (C=O) groups excluding carboxylic acids is 2. The van der Waals surface area contributed by atoms with Gasteiger partial charge in [-0.1, -0.05) is 0 Å². The second-order valence-corrected chi connectivity index (χ2v) is 4.50. The lowest BCUT2D eigenvalue weighted by Crippen LogP contribution is -2.29. The van der Waals surface area contributed by atoms with Gasteiger partial charge >= 0.3 is 0 Å². The number of halogens is 2. The number of hydrogen-bond donors (Lipinski definition) is 0. The van der Waals surface area contributed by atoms with E-state index >= 15 is 0 Å². The summed E-state index contributed by atoms with van der Waals surface area (Å²) in [5, 5.41) is 0. The number of hydrogen-bond acceptors (Lipinski definition) is 3. The van der Waals surface area contributed by atoms with Crippen LogP contribution in [0.5, 0.6) is 0 Å². The fraction of sp³-hybridized carbons (Fsp3) is 0.154. The lowest BCUT2D eigenvalue weighted by Gasteiger charge is -2.16. The number of amides is 1. The molecular formula is C13H9F2N3O2. The Labute approximate surface area is 112 Å². The molecule has 0 fully saturated rings. The summed E-state index contributed by atoms with van der Waals surface area (Å²) in [7, 11) is 1.73. The van der Waals surface area contributed by atoms with Crippen LogP contribution >= 0.6 is 0 Å². The van der Waals surface area contributed by atoms with Crippen LogP contribution in [-0.4, -0.2) is 21.2 Å². The van der Waals surface area contributed by atoms with E-state index in [4.69, 9.17) is 0 Å². The Morgan fingerprint density at radius 2 is 1.90 bits per heavy atom. The molecule has 7 heteroatoms. The highest BCUT2D eigenvalue weighted by molar-refractivity contribution is 6.52. The SMILES string of the molecule is Cn1cncc1CN1C(=O)C(=O)c2cc(F)c(F)cc21. The highest BCUT2D eigenvalue weighted by Gasteiger charge is 2.37. The van der Waals surface area contributed by atoms with Gasteiger partial charge in [-0.15, -0.1) is 0 Å². The van der Waals surface area contributed by atoms with Gasteiger partial charge in [0.2, 0.25) is 0 Å². The van der Waals surface area contributed by atoms with Crippen LogP contribution < -0.4 is 4.90 Å². The highest BCUT2D eigenvalue weighted by Crippen LogP contribution is 2.32. The molecule has 1 aliphatic rings. The minimum absolute atomic E-state index is 0.0686. The van der Waals surface area contributed by atoms with E-state index in [-0.39, 0.29) is 17.8 Å². The molecule has 1 amide bonds. The zero-order valence-corrected chi connectivity index (χ0v) is 10.4. The summed E-state index contributed by atoms with van der Waals surface area (Å²) in [5.41, 5.74) is 0.639. The van der Waals surface area contributed by atoms with E-state index in [0.717, 1.165) is 17.0 Å². The molecule has 5 nitrogen and oxygen atoms in total. The van der Waals surface area contributed by atoms with Gasteiger partial charge in [-0.25, -0.2) is 13.8 Å². The zero-order chi connectivity index (χ0) is 14.4. The van der Waals surface area contributed by atoms with Crippen LogP contribution in [0.25, 0.3) is 0 Å². The summed E-state index contributed by atoms with van der Waals surface area (Å²) in [6.07, 6.45) is 3.08. The summed E-state index contributed by atoms with van der Waals surface area (Å²) in [6.45, 7) is 0.0686. The largest absolute Gasteiger partial charge is 0.336 e. The average Bonchev–Trinajstić information content (AvgIpc) is 2.90. The molecule has 0 spiro atoms. The fourth-order valence-corrected chi connectivity index (χ4v) is 2.14. The zero-order valence-electron chi connectivity index (χ0n) is 10.4. The quantitative estimate of drug-likeness (QED) is 0.780. The van der Waals surface area contributed by atoms with Crippen LogP contribution in [0.1, 0.15) is 16.1 Å². The van der Waals surface area contributed by atoms with Gasteiger partial charge in [0, 0.05) is 19.3 Å². The summed E-state index contributed by atoms with van der Waals surface area (Å²) < 4.78 is 28.2. The molecule has 1 aromatic heterocycles. The summed E-state index contributed by atoms with van der Waals surface area (Å²) in [6, 6.07) is 1.62. The summed E-state index contributed by atoms with van der Waals surface area (Å²) in [4.78, 5) is 28.7. The maximum Gasteiger partial charge on any atom is 0.299 e. The van der Waals surface area contributed by atoms with Crippen LogP contribution in [0.2, 0.25) is 0 Å². The van der Waals surface area contributed by atoms with E-state index in [1.807, 2.05) is 0 Å². The number of benzene rings is 1. The molecule has 0 atom stereocenters. The van der Waals surface area contributed by atoms with Crippen molar-refractivity contribution in [2.24, 2.45) is 7.05 Å². The van der Waals surface area contributed by atoms with Gasteiger partial charge in [0.15, 0.2) is 11.6 Å². The normalized spacial score (nSPS) is 14.1. The molecule has 0 bridgehead atoms. The molecule has 3 rings (SSSR count). The Kier molecular flexibility index (Phi) is 2.63. The monoisotopic (exact) mass is 277 g/mol. The number of ketones is 1. The second kappa shape index (κ2) is 4.22. The predicted molar refractivity (Wildman–Crippen MR) is 65.1 cm³/mol. The molecule has 0 saturated carbocycles. The number of aromatic nitrogens is 2. The molecule has 1 aliphatic heterocycles. The van der Waals surface area contributed by atoms with Crippen molar-refractivity contribution in [2.45, 2.75) is 6.54 Å². The fourth-order valence-electron chi connectivity index (χ4n) is 2.14. The minimum Gasteiger partial charge on any atom is -0.336 e. The van der Waals surface area contributed by atoms with E-state index < -0.39 is 23.3 Å². The molecule has 20 heavy (non-hydrogen) atoms. The predicted octanol–water partition coefficient (Wildman–Crippen LogP) is 1.43. The van der Waals surface area contributed by atoms with Crippen molar-refractivity contribution in [3.63, 3.8) is 0 Å². The maximum absolute atomic E-state index is 13.3. The molecule has 0 unspecified atom stereocenters. The number of nitrogens with zero attached hydrogens (tertiary/aromatic N) is 3. The van der Waals surface area contributed by atoms with Gasteiger partial charge in [0.05, 0.1) is 29.8 Å². The van der Waals surface area contributed by atoms with Crippen molar-refractivity contribution in [1.82, 2.24) is 9.55 Å². The topological polar surface area (TPSA) is 55.2 Å². The molecule has 2 aromatic rings. The van der Waals surface area contributed by atoms with Crippen molar-refractivity contribution in [3.05, 3.63) is 47.5 Å². The lowest BCUT2D eigenvalue weighted by molar-refractivity contribution is -0.114. The minimum atomic E-state index is -1.15. The number of carbonyl (C=O) groups is 2. The second-order valence-electron chi connectivity index (χ2n) is 4.50. The van der Waals surface area contributed by atoms with E-state index in [1.165, 1.54) is 6.20 Å². The van der Waals surface area contributed by atoms with Crippen LogP contribution in [0.3, 0.4) is 0 Å². The Morgan fingerprint density at radius 3 is 2.55 bits per heavy atom. The Balaban J connectivity index is 2.06. The van der Waals surface area contributed by atoms with Crippen LogP contribution in [0, 0.1) is 11.6 Å². The molecule has 0 radical (unpaired) electrons. The lowest BCUT2D eigenvalue weighted by atomic mass is 10.1. The number of anilines is 1. The average molecular weight is 277 g/mol. The molecule has 0 N–H and O–H groups in total. The number of rotatable bonds is 2. The molecular weight excluding hydrogens is 268 g/mol. The van der Waals surface area contributed by atoms with Gasteiger partial charge in [-0.3, -0.25) is 14.5 Å². The first-order chi connectivity index (χ1) is 9.49. The Morgan fingerprint density at radius 1 is 1.20 bits per heavy atom. The first-order valence-corrected chi connectivity index (χ1v) is 5.79. The molecule has 1 aromatic carbocycles. The first-order valence-electron chi connectivity index (χ1n) is 5.79. The van der Waals surface area contributed by atoms with Gasteiger partial charge in [0.1, 0.15) is 0 Å². The Bertz CT molecular complexity index is 739. The van der Waals surface area contributed by atoms with Crippen molar-refractivity contribution in [2.75, 3.05) is 4.90 Å². The number of imidazole rings is 1. The third kappa shape index (κ3) is 1.70. The van der Waals surface area contributed by atoms with Gasteiger partial charge in [0.25, 0.3) is 11.7 Å². The summed E-state index contributed by atoms with van der Waals surface area (Å²) >= 11 is 0. The first kappa shape index (κ1) is 12.5. The molecule has 0 saturated heterocycles. The van der Waals surface area contributed by atoms with E-state index in [9.17, 15) is 18.4 Å². The van der Waals surface area contributed by atoms with Gasteiger partial charge in [-0.2, -0.15) is 0 Å². The number of Topliss-reactive ketones (excluding diaryl/α,β-unsaturated/α-hetero) is 1. The van der Waals surface area contributed by atoms with Crippen LogP contribution in [0.4, 0.5) is 14.5 Å². The van der Waals surface area contributed by atoms with Gasteiger partial charge < -0.3 is 4.57 Å². The third-order valence-corrected chi connectivity index (χ3v) is 3.25. The van der Waals surface area contributed by atoms with Gasteiger partial charge in [-0.05, 0) is 6.07 Å². The number of fused-ring (bicyclic) bond motifs is 1. The van der Waals surface area contributed by atoms with Crippen molar-refractivity contribution in [3.8, 4) is 0 Å². The third-order valence-electron chi connectivity index (χ3n) is 3.25. The molecule has 2 heterocycles. The number of aryl methyl sites for hydroxylation is 1. The van der Waals surface area contributed by atoms with Crippen molar-refractivity contribution < 1.29 is 18.4 Å². The van der Waals surface area contributed by atoms with E-state index in [2.05, 4.69) is 4.98 Å². The van der Waals surface area contributed by atoms with E-state index in [1.54, 1.807) is 17.9 Å². The van der Waals surface area contributed by atoms with Crippen molar-refractivity contribution >= 4 is 17.4 Å². The van der Waals surface area contributed by atoms with Crippen molar-refractivity contribution in [1.29, 1.82) is 0 Å². The van der Waals surface area contributed by atoms with Crippen LogP contribution in [-0.2, 0) is 18.4 Å². The van der Waals surface area contributed by atoms with E-state index in [0.29, 0.717) is 5.69 Å². The summed E-state index contributed by atoms with van der Waals surface area (Å²) in [5.74, 6) is -3.87. The highest BCUT2D eigenvalue weighted by atomic mass is 19.2. The smallest absolute Gasteiger partial charge is 0.299 e. The Hall–Kier alpha value is -2.57. The molecule has 0 aliphatic carbocycles. The van der Waals surface area contributed by atoms with Crippen LogP contribution in [0.15, 0.2) is 24.7 Å². The maximum atomic E-state index is 13.3.